The lowest BCUT2D eigenvalue weighted by atomic mass is 10.2. The molecular weight excluding hydrogens is 282 g/mol. The molecule has 3 N–H and O–H groups in total. The number of aromatic amines is 1. The Morgan fingerprint density at radius 1 is 1.00 bits per heavy atom. The fourth-order valence-electron chi connectivity index (χ4n) is 1.44. The van der Waals surface area contributed by atoms with Gasteiger partial charge in [0.05, 0.1) is 5.56 Å². The summed E-state index contributed by atoms with van der Waals surface area (Å²) in [7, 11) is 0. The molecule has 0 aliphatic rings. The van der Waals surface area contributed by atoms with E-state index < -0.39 is 11.8 Å². The summed E-state index contributed by atoms with van der Waals surface area (Å²) in [6.45, 7) is 0. The molecule has 0 atom stereocenters. The third-order valence-corrected chi connectivity index (χ3v) is 2.66. The normalized spacial score (nSPS) is 9.85. The maximum Gasteiger partial charge on any atom is 0.271 e. The zero-order valence-corrected chi connectivity index (χ0v) is 10.9. The van der Waals surface area contributed by atoms with Gasteiger partial charge in [0, 0.05) is 22.8 Å². The van der Waals surface area contributed by atoms with E-state index in [1.807, 2.05) is 0 Å². The van der Waals surface area contributed by atoms with Gasteiger partial charge in [-0.3, -0.25) is 25.2 Å². The van der Waals surface area contributed by atoms with Gasteiger partial charge in [-0.05, 0) is 24.3 Å². The second kappa shape index (κ2) is 6.03. The lowest BCUT2D eigenvalue weighted by Crippen LogP contribution is -2.41. The smallest absolute Gasteiger partial charge is 0.271 e. The van der Waals surface area contributed by atoms with E-state index in [4.69, 9.17) is 11.6 Å². The van der Waals surface area contributed by atoms with Crippen LogP contribution in [0.1, 0.15) is 20.7 Å². The largest absolute Gasteiger partial charge is 0.328 e. The highest BCUT2D eigenvalue weighted by Crippen LogP contribution is 2.10. The summed E-state index contributed by atoms with van der Waals surface area (Å²) in [6, 6.07) is 8.86. The zero-order valence-electron chi connectivity index (χ0n) is 10.1. The second-order valence-corrected chi connectivity index (χ2v) is 4.30. The molecule has 6 nitrogen and oxygen atoms in total. The Hall–Kier alpha value is -2.60. The van der Waals surface area contributed by atoms with Crippen molar-refractivity contribution in [1.29, 1.82) is 0 Å². The molecule has 1 aromatic carbocycles. The van der Waals surface area contributed by atoms with E-state index in [1.165, 1.54) is 24.4 Å². The van der Waals surface area contributed by atoms with Crippen LogP contribution in [0.15, 0.2) is 47.4 Å². The molecule has 20 heavy (non-hydrogen) atoms. The quantitative estimate of drug-likeness (QED) is 0.724. The molecular formula is C13H10ClN3O3. The first-order valence-electron chi connectivity index (χ1n) is 5.61. The van der Waals surface area contributed by atoms with Gasteiger partial charge in [-0.25, -0.2) is 0 Å². The van der Waals surface area contributed by atoms with Gasteiger partial charge in [-0.15, -0.1) is 0 Å². The minimum atomic E-state index is -0.545. The molecule has 102 valence electrons. The van der Waals surface area contributed by atoms with Crippen LogP contribution in [0.4, 0.5) is 0 Å². The zero-order chi connectivity index (χ0) is 14.5. The molecule has 7 heteroatoms. The molecule has 0 unspecified atom stereocenters. The molecule has 1 heterocycles. The first kappa shape index (κ1) is 13.8. The van der Waals surface area contributed by atoms with E-state index in [0.717, 1.165) is 0 Å². The van der Waals surface area contributed by atoms with E-state index >= 15 is 0 Å². The first-order chi connectivity index (χ1) is 9.56. The van der Waals surface area contributed by atoms with E-state index in [2.05, 4.69) is 15.8 Å². The van der Waals surface area contributed by atoms with Crippen molar-refractivity contribution in [2.75, 3.05) is 0 Å². The van der Waals surface area contributed by atoms with Gasteiger partial charge in [0.2, 0.25) is 5.56 Å². The van der Waals surface area contributed by atoms with Crippen LogP contribution in [-0.4, -0.2) is 16.8 Å². The Bertz CT molecular complexity index is 692. The van der Waals surface area contributed by atoms with Crippen LogP contribution in [0.5, 0.6) is 0 Å². The SMILES string of the molecule is O=C(NNC(=O)c1cccc(Cl)c1)c1ccc(=O)[nH]c1. The second-order valence-electron chi connectivity index (χ2n) is 3.86. The molecule has 2 rings (SSSR count). The number of carbonyl (C=O) groups excluding carboxylic acids is 2. The van der Waals surface area contributed by atoms with E-state index in [0.29, 0.717) is 10.6 Å². The van der Waals surface area contributed by atoms with E-state index in [1.54, 1.807) is 18.2 Å². The van der Waals surface area contributed by atoms with Crippen LogP contribution in [0.2, 0.25) is 5.02 Å². The van der Waals surface area contributed by atoms with Crippen molar-refractivity contribution in [1.82, 2.24) is 15.8 Å². The number of H-pyrrole nitrogens is 1. The third-order valence-electron chi connectivity index (χ3n) is 2.42. The predicted molar refractivity (Wildman–Crippen MR) is 73.4 cm³/mol. The number of hydrogen-bond acceptors (Lipinski definition) is 3. The van der Waals surface area contributed by atoms with Gasteiger partial charge in [0.25, 0.3) is 11.8 Å². The number of carbonyl (C=O) groups is 2. The monoisotopic (exact) mass is 291 g/mol. The highest BCUT2D eigenvalue weighted by Gasteiger charge is 2.09. The minimum Gasteiger partial charge on any atom is -0.328 e. The Labute approximate surface area is 118 Å². The summed E-state index contributed by atoms with van der Waals surface area (Å²) in [5.74, 6) is -1.04. The number of nitrogens with one attached hydrogen (secondary N) is 3. The average molecular weight is 292 g/mol. The summed E-state index contributed by atoms with van der Waals surface area (Å²) in [6.07, 6.45) is 1.25. The number of aromatic nitrogens is 1. The molecule has 0 aliphatic heterocycles. The van der Waals surface area contributed by atoms with Crippen molar-refractivity contribution >= 4 is 23.4 Å². The van der Waals surface area contributed by atoms with Gasteiger partial charge in [-0.1, -0.05) is 17.7 Å². The lowest BCUT2D eigenvalue weighted by molar-refractivity contribution is 0.0846. The van der Waals surface area contributed by atoms with Crippen LogP contribution in [0, 0.1) is 0 Å². The van der Waals surface area contributed by atoms with Gasteiger partial charge in [0.1, 0.15) is 0 Å². The number of hydrazine groups is 1. The molecule has 0 radical (unpaired) electrons. The highest BCUT2D eigenvalue weighted by molar-refractivity contribution is 6.30. The van der Waals surface area contributed by atoms with Crippen molar-refractivity contribution in [2.45, 2.75) is 0 Å². The fraction of sp³-hybridized carbons (Fsp3) is 0. The molecule has 1 aromatic heterocycles. The number of halogens is 1. The van der Waals surface area contributed by atoms with Crippen molar-refractivity contribution in [3.05, 3.63) is 69.1 Å². The average Bonchev–Trinajstić information content (AvgIpc) is 2.45. The Kier molecular flexibility index (Phi) is 4.17. The maximum absolute atomic E-state index is 11.7. The number of benzene rings is 1. The predicted octanol–water partition coefficient (Wildman–Crippen LogP) is 1.10. The summed E-state index contributed by atoms with van der Waals surface area (Å²) in [5, 5.41) is 0.421. The molecule has 0 bridgehead atoms. The molecule has 0 saturated carbocycles. The number of rotatable bonds is 2. The van der Waals surface area contributed by atoms with Crippen LogP contribution >= 0.6 is 11.6 Å². The topological polar surface area (TPSA) is 91.1 Å². The lowest BCUT2D eigenvalue weighted by Gasteiger charge is -2.07. The third kappa shape index (κ3) is 3.46. The summed E-state index contributed by atoms with van der Waals surface area (Å²) < 4.78 is 0. The number of amides is 2. The Morgan fingerprint density at radius 3 is 2.30 bits per heavy atom. The van der Waals surface area contributed by atoms with Gasteiger partial charge < -0.3 is 4.98 Å². The van der Waals surface area contributed by atoms with Crippen molar-refractivity contribution in [3.8, 4) is 0 Å². The van der Waals surface area contributed by atoms with E-state index in [-0.39, 0.29) is 11.1 Å². The molecule has 2 amide bonds. The summed E-state index contributed by atoms with van der Waals surface area (Å²) in [4.78, 5) is 36.6. The first-order valence-corrected chi connectivity index (χ1v) is 5.99. The molecule has 0 spiro atoms. The molecule has 0 saturated heterocycles. The molecule has 2 aromatic rings. The molecule has 0 aliphatic carbocycles. The van der Waals surface area contributed by atoms with Gasteiger partial charge in [-0.2, -0.15) is 0 Å². The van der Waals surface area contributed by atoms with Crippen LogP contribution in [0.3, 0.4) is 0 Å². The van der Waals surface area contributed by atoms with Crippen molar-refractivity contribution in [2.24, 2.45) is 0 Å². The van der Waals surface area contributed by atoms with Crippen molar-refractivity contribution < 1.29 is 9.59 Å². The number of pyridine rings is 1. The van der Waals surface area contributed by atoms with Crippen LogP contribution < -0.4 is 16.4 Å². The Morgan fingerprint density at radius 2 is 1.70 bits per heavy atom. The van der Waals surface area contributed by atoms with Gasteiger partial charge in [0.15, 0.2) is 0 Å². The maximum atomic E-state index is 11.7. The van der Waals surface area contributed by atoms with Gasteiger partial charge >= 0.3 is 0 Å². The fourth-order valence-corrected chi connectivity index (χ4v) is 1.63. The highest BCUT2D eigenvalue weighted by atomic mass is 35.5. The summed E-state index contributed by atoms with van der Waals surface area (Å²) >= 11 is 5.76. The minimum absolute atomic E-state index is 0.219. The van der Waals surface area contributed by atoms with E-state index in [9.17, 15) is 14.4 Å². The number of hydrogen-bond donors (Lipinski definition) is 3. The van der Waals surface area contributed by atoms with Crippen LogP contribution in [0.25, 0.3) is 0 Å². The molecule has 0 fully saturated rings. The Balaban J connectivity index is 1.98. The standard InChI is InChI=1S/C13H10ClN3O3/c14-10-3-1-2-8(6-10)12(19)16-17-13(20)9-4-5-11(18)15-7-9/h1-7H,(H,15,18)(H,16,19)(H,17,20). The summed E-state index contributed by atoms with van der Waals surface area (Å²) in [5.41, 5.74) is 4.70. The van der Waals surface area contributed by atoms with Crippen molar-refractivity contribution in [3.63, 3.8) is 0 Å². The van der Waals surface area contributed by atoms with Crippen LogP contribution in [-0.2, 0) is 0 Å².